The maximum Gasteiger partial charge on any atom is 0.471 e. The monoisotopic (exact) mass is 524 g/mol. The summed E-state index contributed by atoms with van der Waals surface area (Å²) >= 11 is 0. The number of pyridine rings is 1. The number of fused-ring (bicyclic) bond motifs is 2. The molecule has 2 fully saturated rings. The Morgan fingerprint density at radius 2 is 1.89 bits per heavy atom. The van der Waals surface area contributed by atoms with Gasteiger partial charge in [-0.2, -0.15) is 17.5 Å². The number of nitrogens with zero attached hydrogens (tertiary/aromatic N) is 3. The van der Waals surface area contributed by atoms with Crippen LogP contribution in [0.3, 0.4) is 0 Å². The molecular weight excluding hydrogens is 496 g/mol. The molecule has 2 bridgehead atoms. The van der Waals surface area contributed by atoms with Crippen molar-refractivity contribution in [3.8, 4) is 0 Å². The van der Waals surface area contributed by atoms with E-state index in [1.807, 2.05) is 0 Å². The Bertz CT molecular complexity index is 1070. The molecule has 0 saturated carbocycles. The normalized spacial score (nSPS) is 24.4. The largest absolute Gasteiger partial charge is 0.471 e. The van der Waals surface area contributed by atoms with Gasteiger partial charge in [-0.15, -0.1) is 0 Å². The van der Waals surface area contributed by atoms with E-state index in [-0.39, 0.29) is 37.2 Å². The molecular formula is C21H28F4N4O5S. The molecule has 2 amide bonds. The minimum Gasteiger partial charge on any atom is -0.444 e. The second-order valence-electron chi connectivity index (χ2n) is 9.61. The molecule has 9 nitrogen and oxygen atoms in total. The van der Waals surface area contributed by atoms with Gasteiger partial charge in [-0.3, -0.25) is 9.78 Å². The number of carbonyl (C=O) groups excluding carboxylic acids is 2. The van der Waals surface area contributed by atoms with Crippen molar-refractivity contribution >= 4 is 27.7 Å². The van der Waals surface area contributed by atoms with E-state index in [1.54, 1.807) is 26.1 Å². The predicted octanol–water partition coefficient (Wildman–Crippen LogP) is 3.07. The van der Waals surface area contributed by atoms with Gasteiger partial charge < -0.3 is 15.0 Å². The van der Waals surface area contributed by atoms with Gasteiger partial charge in [0.25, 0.3) is 0 Å². The van der Waals surface area contributed by atoms with E-state index in [9.17, 15) is 35.6 Å². The number of ether oxygens (including phenoxy) is 1. The first-order chi connectivity index (χ1) is 16.1. The molecule has 0 aliphatic carbocycles. The molecule has 2 aliphatic heterocycles. The first kappa shape index (κ1) is 27.1. The van der Waals surface area contributed by atoms with Gasteiger partial charge in [0.15, 0.2) is 0 Å². The number of sulfonamides is 1. The fraction of sp³-hybridized carbons (Fsp3) is 0.667. The van der Waals surface area contributed by atoms with Crippen molar-refractivity contribution in [2.75, 3.05) is 24.2 Å². The van der Waals surface area contributed by atoms with Gasteiger partial charge in [-0.1, -0.05) is 0 Å². The summed E-state index contributed by atoms with van der Waals surface area (Å²) in [7, 11) is -3.66. The topological polar surface area (TPSA) is 109 Å². The molecule has 2 aliphatic rings. The number of amides is 2. The third kappa shape index (κ3) is 6.60. The Morgan fingerprint density at radius 3 is 2.51 bits per heavy atom. The zero-order chi connectivity index (χ0) is 26.2. The maximum absolute atomic E-state index is 14.5. The van der Waals surface area contributed by atoms with Crippen LogP contribution in [0.25, 0.3) is 0 Å². The number of alkyl halides is 3. The Hall–Kier alpha value is -2.48. The summed E-state index contributed by atoms with van der Waals surface area (Å²) in [4.78, 5) is 29.2. The molecule has 3 rings (SSSR count). The van der Waals surface area contributed by atoms with Gasteiger partial charge in [0.05, 0.1) is 23.8 Å². The molecule has 35 heavy (non-hydrogen) atoms. The van der Waals surface area contributed by atoms with Gasteiger partial charge in [-0.25, -0.2) is 17.6 Å². The van der Waals surface area contributed by atoms with Crippen LogP contribution in [0.5, 0.6) is 0 Å². The van der Waals surface area contributed by atoms with E-state index < -0.39 is 57.4 Å². The minimum atomic E-state index is -5.18. The number of hydrogen-bond acceptors (Lipinski definition) is 6. The fourth-order valence-corrected chi connectivity index (χ4v) is 6.03. The number of anilines is 1. The second-order valence-corrected chi connectivity index (χ2v) is 11.6. The van der Waals surface area contributed by atoms with Crippen LogP contribution in [-0.4, -0.2) is 77.3 Å². The molecule has 3 atom stereocenters. The van der Waals surface area contributed by atoms with Crippen LogP contribution in [-0.2, 0) is 26.0 Å². The lowest BCUT2D eigenvalue weighted by atomic mass is 9.99. The summed E-state index contributed by atoms with van der Waals surface area (Å²) in [5.41, 5.74) is -1.47. The van der Waals surface area contributed by atoms with Crippen LogP contribution >= 0.6 is 0 Å². The standard InChI is InChI=1S/C21H28F4N4O5S/c1-20(2,3)34-19(31)28-11-14(29-12-13(28)5-4-8-35(29,32)33)6-7-15-16(22)9-26-10-17(15)27-18(30)21(23,24)25/h9-10,13-14H,4-8,11-12H2,1-3H3,(H,27,30). The number of rotatable bonds is 4. The highest BCUT2D eigenvalue weighted by molar-refractivity contribution is 7.89. The highest BCUT2D eigenvalue weighted by Crippen LogP contribution is 2.31. The van der Waals surface area contributed by atoms with Crippen molar-refractivity contribution in [3.05, 3.63) is 23.8 Å². The van der Waals surface area contributed by atoms with Crippen molar-refractivity contribution in [2.24, 2.45) is 0 Å². The molecule has 2 saturated heterocycles. The van der Waals surface area contributed by atoms with Crippen molar-refractivity contribution in [1.82, 2.24) is 14.2 Å². The summed E-state index contributed by atoms with van der Waals surface area (Å²) in [6.45, 7) is 5.15. The van der Waals surface area contributed by atoms with E-state index in [1.165, 1.54) is 9.21 Å². The third-order valence-corrected chi connectivity index (χ3v) is 7.78. The maximum atomic E-state index is 14.5. The summed E-state index contributed by atoms with van der Waals surface area (Å²) < 4.78 is 85.1. The number of carbonyl (C=O) groups is 2. The average Bonchev–Trinajstić information content (AvgIpc) is 2.83. The minimum absolute atomic E-state index is 0.0128. The highest BCUT2D eigenvalue weighted by Gasteiger charge is 2.44. The SMILES string of the molecule is CC(C)(C)OC(=O)N1CC(CCc2c(F)cncc2NC(=O)C(F)(F)F)N2CC1CCCS2(=O)=O. The van der Waals surface area contributed by atoms with Crippen LogP contribution in [0.1, 0.15) is 45.6 Å². The lowest BCUT2D eigenvalue weighted by molar-refractivity contribution is -0.167. The van der Waals surface area contributed by atoms with Crippen molar-refractivity contribution < 1.29 is 40.3 Å². The van der Waals surface area contributed by atoms with E-state index >= 15 is 0 Å². The average molecular weight is 525 g/mol. The molecule has 0 spiro atoms. The number of aromatic nitrogens is 1. The molecule has 0 aromatic carbocycles. The highest BCUT2D eigenvalue weighted by atomic mass is 32.2. The Balaban J connectivity index is 1.85. The fourth-order valence-electron chi connectivity index (χ4n) is 4.24. The van der Waals surface area contributed by atoms with Gasteiger partial charge in [0, 0.05) is 30.7 Å². The van der Waals surface area contributed by atoms with E-state index in [0.717, 1.165) is 12.4 Å². The molecule has 1 N–H and O–H groups in total. The summed E-state index contributed by atoms with van der Waals surface area (Å²) in [6.07, 6.45) is -3.49. The van der Waals surface area contributed by atoms with Crippen molar-refractivity contribution in [3.63, 3.8) is 0 Å². The first-order valence-electron chi connectivity index (χ1n) is 11.1. The Morgan fingerprint density at radius 1 is 1.20 bits per heavy atom. The smallest absolute Gasteiger partial charge is 0.444 e. The van der Waals surface area contributed by atoms with Crippen molar-refractivity contribution in [1.29, 1.82) is 0 Å². The first-order valence-corrected chi connectivity index (χ1v) is 12.7. The zero-order valence-corrected chi connectivity index (χ0v) is 20.4. The lowest BCUT2D eigenvalue weighted by Crippen LogP contribution is -2.60. The zero-order valence-electron chi connectivity index (χ0n) is 19.6. The van der Waals surface area contributed by atoms with E-state index in [0.29, 0.717) is 12.8 Å². The molecule has 3 heterocycles. The van der Waals surface area contributed by atoms with E-state index in [2.05, 4.69) is 4.98 Å². The molecule has 196 valence electrons. The van der Waals surface area contributed by atoms with Crippen LogP contribution in [0.2, 0.25) is 0 Å². The molecule has 0 radical (unpaired) electrons. The summed E-state index contributed by atoms with van der Waals surface area (Å²) in [5, 5.41) is 1.62. The van der Waals surface area contributed by atoms with Crippen LogP contribution in [0, 0.1) is 5.82 Å². The van der Waals surface area contributed by atoms with Gasteiger partial charge in [0.1, 0.15) is 11.4 Å². The predicted molar refractivity (Wildman–Crippen MR) is 117 cm³/mol. The summed E-state index contributed by atoms with van der Waals surface area (Å²) in [6, 6.07) is -1.15. The lowest BCUT2D eigenvalue weighted by Gasteiger charge is -2.44. The van der Waals surface area contributed by atoms with Crippen LogP contribution in [0.15, 0.2) is 12.4 Å². The van der Waals surface area contributed by atoms with Gasteiger partial charge in [0.2, 0.25) is 10.0 Å². The van der Waals surface area contributed by atoms with Gasteiger partial charge in [-0.05, 0) is 46.5 Å². The molecule has 1 aromatic heterocycles. The number of halogens is 4. The number of hydrogen-bond donors (Lipinski definition) is 1. The van der Waals surface area contributed by atoms with Gasteiger partial charge >= 0.3 is 18.2 Å². The third-order valence-electron chi connectivity index (χ3n) is 5.81. The van der Waals surface area contributed by atoms with Crippen molar-refractivity contribution in [2.45, 2.75) is 70.3 Å². The molecule has 3 unspecified atom stereocenters. The molecule has 1 aromatic rings. The van der Waals surface area contributed by atoms with Crippen LogP contribution < -0.4 is 5.32 Å². The number of nitrogens with one attached hydrogen (secondary N) is 1. The Kier molecular flexibility index (Phi) is 7.65. The van der Waals surface area contributed by atoms with Crippen LogP contribution in [0.4, 0.5) is 28.0 Å². The second kappa shape index (κ2) is 9.88. The van der Waals surface area contributed by atoms with E-state index in [4.69, 9.17) is 4.74 Å². The quantitative estimate of drug-likeness (QED) is 0.607. The number of piperazine rings is 1. The summed E-state index contributed by atoms with van der Waals surface area (Å²) in [5.74, 6) is -3.34. The Labute approximate surface area is 200 Å². The molecule has 14 heteroatoms.